The highest BCUT2D eigenvalue weighted by molar-refractivity contribution is 5.67. The highest BCUT2D eigenvalue weighted by Gasteiger charge is 2.26. The molecule has 1 saturated heterocycles. The van der Waals surface area contributed by atoms with E-state index >= 15 is 0 Å². The minimum absolute atomic E-state index is 0.184. The van der Waals surface area contributed by atoms with Crippen molar-refractivity contribution in [1.82, 2.24) is 14.6 Å². The standard InChI is InChI=1S/C21H29N6O2/c1-3-16-14-22-27-20(24(2)18-8-6-10-25(29)15-18)13-19(23-21(16)27)26-11-5-4-7-17(26)9-12-28/h6,8,10,13-15,17,28-29H,3-5,7,9,11-12H2,1-2H3/q+1/t17-/m0/s1. The lowest BCUT2D eigenvalue weighted by molar-refractivity contribution is -0.904. The Morgan fingerprint density at radius 2 is 2.21 bits per heavy atom. The van der Waals surface area contributed by atoms with Crippen molar-refractivity contribution in [3.05, 3.63) is 42.4 Å². The first-order valence-electron chi connectivity index (χ1n) is 10.3. The van der Waals surface area contributed by atoms with E-state index in [0.717, 1.165) is 65.5 Å². The number of nitrogens with zero attached hydrogens (tertiary/aromatic N) is 6. The Balaban J connectivity index is 1.84. The molecule has 0 aliphatic carbocycles. The van der Waals surface area contributed by atoms with Gasteiger partial charge in [-0.15, -0.1) is 0 Å². The molecule has 0 unspecified atom stereocenters. The monoisotopic (exact) mass is 397 g/mol. The molecule has 8 heteroatoms. The molecule has 0 bridgehead atoms. The van der Waals surface area contributed by atoms with Crippen molar-refractivity contribution >= 4 is 23.0 Å². The van der Waals surface area contributed by atoms with E-state index in [0.29, 0.717) is 6.04 Å². The number of aromatic nitrogens is 4. The third-order valence-corrected chi connectivity index (χ3v) is 5.78. The zero-order valence-corrected chi connectivity index (χ0v) is 17.1. The van der Waals surface area contributed by atoms with Crippen LogP contribution >= 0.6 is 0 Å². The Kier molecular flexibility index (Phi) is 5.53. The van der Waals surface area contributed by atoms with Gasteiger partial charge in [0, 0.05) is 48.7 Å². The lowest BCUT2D eigenvalue weighted by Gasteiger charge is -2.37. The van der Waals surface area contributed by atoms with Gasteiger partial charge >= 0.3 is 0 Å². The predicted molar refractivity (Wildman–Crippen MR) is 111 cm³/mol. The molecule has 0 saturated carbocycles. The molecular weight excluding hydrogens is 368 g/mol. The molecular formula is C21H29N6O2+. The van der Waals surface area contributed by atoms with Crippen LogP contribution in [0.4, 0.5) is 17.3 Å². The van der Waals surface area contributed by atoms with Gasteiger partial charge in [0.15, 0.2) is 5.65 Å². The number of aryl methyl sites for hydroxylation is 1. The SMILES string of the molecule is CCc1cnn2c(N(C)c3ccc[n+](O)c3)cc(N3CCCC[C@H]3CCO)nc12. The third-order valence-electron chi connectivity index (χ3n) is 5.78. The van der Waals surface area contributed by atoms with E-state index in [9.17, 15) is 10.3 Å². The van der Waals surface area contributed by atoms with Crippen LogP contribution in [0, 0.1) is 0 Å². The topological polar surface area (TPSA) is 81.0 Å². The van der Waals surface area contributed by atoms with Crippen molar-refractivity contribution < 1.29 is 15.0 Å². The number of hydrogen-bond donors (Lipinski definition) is 2. The van der Waals surface area contributed by atoms with Gasteiger partial charge in [0.1, 0.15) is 17.3 Å². The summed E-state index contributed by atoms with van der Waals surface area (Å²) >= 11 is 0. The summed E-state index contributed by atoms with van der Waals surface area (Å²) in [4.78, 5) is 9.32. The Morgan fingerprint density at radius 1 is 1.34 bits per heavy atom. The van der Waals surface area contributed by atoms with Gasteiger partial charge in [-0.05, 0) is 38.2 Å². The summed E-state index contributed by atoms with van der Waals surface area (Å²) in [6.45, 7) is 3.23. The second-order valence-corrected chi connectivity index (χ2v) is 7.59. The largest absolute Gasteiger partial charge is 0.396 e. The molecule has 0 amide bonds. The summed E-state index contributed by atoms with van der Waals surface area (Å²) in [5.41, 5.74) is 2.79. The van der Waals surface area contributed by atoms with E-state index in [1.54, 1.807) is 18.5 Å². The van der Waals surface area contributed by atoms with Crippen molar-refractivity contribution in [2.75, 3.05) is 30.0 Å². The van der Waals surface area contributed by atoms with Crippen LogP contribution in [-0.4, -0.2) is 51.2 Å². The first kappa shape index (κ1) is 19.4. The molecule has 4 heterocycles. The van der Waals surface area contributed by atoms with E-state index in [-0.39, 0.29) is 6.61 Å². The Bertz CT molecular complexity index is 986. The van der Waals surface area contributed by atoms with E-state index in [2.05, 4.69) is 23.0 Å². The molecule has 29 heavy (non-hydrogen) atoms. The zero-order chi connectivity index (χ0) is 20.4. The van der Waals surface area contributed by atoms with Crippen LogP contribution in [0.3, 0.4) is 0 Å². The molecule has 1 atom stereocenters. The number of anilines is 3. The molecule has 3 aromatic rings. The number of hydrogen-bond acceptors (Lipinski definition) is 6. The fourth-order valence-electron chi connectivity index (χ4n) is 4.15. The third kappa shape index (κ3) is 3.72. The Hall–Kier alpha value is -2.87. The molecule has 0 radical (unpaired) electrons. The molecule has 2 N–H and O–H groups in total. The second-order valence-electron chi connectivity index (χ2n) is 7.59. The fourth-order valence-corrected chi connectivity index (χ4v) is 4.15. The lowest BCUT2D eigenvalue weighted by atomic mass is 9.99. The second kappa shape index (κ2) is 8.24. The summed E-state index contributed by atoms with van der Waals surface area (Å²) in [6.07, 6.45) is 10.1. The maximum atomic E-state index is 9.84. The summed E-state index contributed by atoms with van der Waals surface area (Å²) in [6, 6.07) is 6.10. The van der Waals surface area contributed by atoms with Crippen LogP contribution < -0.4 is 14.5 Å². The summed E-state index contributed by atoms with van der Waals surface area (Å²) in [5.74, 6) is 1.80. The molecule has 1 fully saturated rings. The molecule has 1 aliphatic heterocycles. The van der Waals surface area contributed by atoms with Crippen molar-refractivity contribution in [3.8, 4) is 0 Å². The zero-order valence-electron chi connectivity index (χ0n) is 17.1. The summed E-state index contributed by atoms with van der Waals surface area (Å²) in [7, 11) is 1.96. The smallest absolute Gasteiger partial charge is 0.245 e. The van der Waals surface area contributed by atoms with Crippen LogP contribution in [0.15, 0.2) is 36.8 Å². The van der Waals surface area contributed by atoms with Crippen molar-refractivity contribution in [1.29, 1.82) is 0 Å². The van der Waals surface area contributed by atoms with E-state index in [1.165, 1.54) is 6.42 Å². The van der Waals surface area contributed by atoms with E-state index in [4.69, 9.17) is 4.98 Å². The molecule has 3 aromatic heterocycles. The van der Waals surface area contributed by atoms with E-state index < -0.39 is 0 Å². The predicted octanol–water partition coefficient (Wildman–Crippen LogP) is 2.33. The number of fused-ring (bicyclic) bond motifs is 1. The van der Waals surface area contributed by atoms with Gasteiger partial charge in [0.25, 0.3) is 0 Å². The van der Waals surface area contributed by atoms with Gasteiger partial charge in [-0.25, -0.2) is 4.98 Å². The van der Waals surface area contributed by atoms with Gasteiger partial charge in [-0.2, -0.15) is 9.61 Å². The first-order chi connectivity index (χ1) is 14.1. The maximum Gasteiger partial charge on any atom is 0.245 e. The van der Waals surface area contributed by atoms with Crippen molar-refractivity contribution in [2.45, 2.75) is 45.1 Å². The quantitative estimate of drug-likeness (QED) is 0.491. The van der Waals surface area contributed by atoms with Crippen molar-refractivity contribution in [3.63, 3.8) is 0 Å². The van der Waals surface area contributed by atoms with Gasteiger partial charge in [-0.1, -0.05) is 6.92 Å². The highest BCUT2D eigenvalue weighted by atomic mass is 16.5. The Labute approximate surface area is 170 Å². The Morgan fingerprint density at radius 3 is 2.97 bits per heavy atom. The normalized spacial score (nSPS) is 17.1. The number of aliphatic hydroxyl groups is 1. The fraction of sp³-hybridized carbons (Fsp3) is 0.476. The summed E-state index contributed by atoms with van der Waals surface area (Å²) in [5, 5.41) is 24.0. The van der Waals surface area contributed by atoms with Crippen LogP contribution in [0.5, 0.6) is 0 Å². The lowest BCUT2D eigenvalue weighted by Crippen LogP contribution is -2.41. The van der Waals surface area contributed by atoms with E-state index in [1.807, 2.05) is 28.7 Å². The molecule has 154 valence electrons. The average Bonchev–Trinajstić information content (AvgIpc) is 3.16. The average molecular weight is 398 g/mol. The molecule has 0 aromatic carbocycles. The summed E-state index contributed by atoms with van der Waals surface area (Å²) < 4.78 is 2.91. The van der Waals surface area contributed by atoms with Gasteiger partial charge in [-0.3, -0.25) is 5.21 Å². The number of rotatable bonds is 6. The number of pyridine rings is 1. The van der Waals surface area contributed by atoms with Crippen LogP contribution in [0.2, 0.25) is 0 Å². The van der Waals surface area contributed by atoms with Crippen LogP contribution in [-0.2, 0) is 6.42 Å². The molecule has 4 rings (SSSR count). The van der Waals surface area contributed by atoms with Gasteiger partial charge in [0.05, 0.1) is 6.20 Å². The van der Waals surface area contributed by atoms with Gasteiger partial charge in [0.2, 0.25) is 12.4 Å². The number of piperidine rings is 1. The minimum Gasteiger partial charge on any atom is -0.396 e. The molecule has 0 spiro atoms. The minimum atomic E-state index is 0.184. The van der Waals surface area contributed by atoms with Crippen LogP contribution in [0.25, 0.3) is 5.65 Å². The molecule has 8 nitrogen and oxygen atoms in total. The van der Waals surface area contributed by atoms with Crippen molar-refractivity contribution in [2.24, 2.45) is 0 Å². The molecule has 1 aliphatic rings. The number of aliphatic hydroxyl groups excluding tert-OH is 1. The first-order valence-corrected chi connectivity index (χ1v) is 10.3. The van der Waals surface area contributed by atoms with Gasteiger partial charge < -0.3 is 14.9 Å². The maximum absolute atomic E-state index is 9.84. The van der Waals surface area contributed by atoms with Crippen LogP contribution in [0.1, 0.15) is 38.2 Å². The highest BCUT2D eigenvalue weighted by Crippen LogP contribution is 2.31.